The predicted molar refractivity (Wildman–Crippen MR) is 72.0 cm³/mol. The third-order valence-corrected chi connectivity index (χ3v) is 2.40. The second-order valence-electron chi connectivity index (χ2n) is 3.78. The van der Waals surface area contributed by atoms with Gasteiger partial charge in [0.15, 0.2) is 17.2 Å². The molecule has 8 nitrogen and oxygen atoms in total. The first-order chi connectivity index (χ1) is 10.1. The summed E-state index contributed by atoms with van der Waals surface area (Å²) in [6, 6.07) is 1.50. The Morgan fingerprint density at radius 1 is 1.38 bits per heavy atom. The lowest BCUT2D eigenvalue weighted by Crippen LogP contribution is -2.18. The molecule has 1 aromatic heterocycles. The van der Waals surface area contributed by atoms with Gasteiger partial charge in [-0.25, -0.2) is 4.98 Å². The number of hydrogen-bond donors (Lipinski definition) is 1. The molecule has 0 saturated carbocycles. The van der Waals surface area contributed by atoms with E-state index in [4.69, 9.17) is 24.7 Å². The summed E-state index contributed by atoms with van der Waals surface area (Å²) in [6.07, 6.45) is 1.48. The Kier molecular flexibility index (Phi) is 6.96. The van der Waals surface area contributed by atoms with Crippen LogP contribution < -0.4 is 15.2 Å². The van der Waals surface area contributed by atoms with Crippen molar-refractivity contribution in [2.45, 2.75) is 13.3 Å². The highest BCUT2D eigenvalue weighted by molar-refractivity contribution is 5.94. The third-order valence-electron chi connectivity index (χ3n) is 2.40. The summed E-state index contributed by atoms with van der Waals surface area (Å²) < 4.78 is 20.1. The first-order valence-electron chi connectivity index (χ1n) is 6.29. The lowest BCUT2D eigenvalue weighted by molar-refractivity contribution is -0.151. The van der Waals surface area contributed by atoms with Gasteiger partial charge < -0.3 is 24.7 Å². The number of rotatable bonds is 9. The van der Waals surface area contributed by atoms with Crippen LogP contribution >= 0.6 is 0 Å². The van der Waals surface area contributed by atoms with Crippen molar-refractivity contribution in [2.75, 3.05) is 27.1 Å². The molecule has 8 heteroatoms. The van der Waals surface area contributed by atoms with Crippen LogP contribution in [0, 0.1) is 0 Å². The van der Waals surface area contributed by atoms with Crippen LogP contribution in [0.5, 0.6) is 11.5 Å². The largest absolute Gasteiger partial charge is 0.493 e. The molecule has 116 valence electrons. The first kappa shape index (κ1) is 16.7. The summed E-state index contributed by atoms with van der Waals surface area (Å²) in [5.74, 6) is -0.951. The first-order valence-corrected chi connectivity index (χ1v) is 6.29. The van der Waals surface area contributed by atoms with Crippen molar-refractivity contribution in [1.82, 2.24) is 4.98 Å². The Morgan fingerprint density at radius 2 is 2.14 bits per heavy atom. The fourth-order valence-corrected chi connectivity index (χ4v) is 1.43. The smallest absolute Gasteiger partial charge is 0.311 e. The number of amides is 1. The molecule has 0 fully saturated rings. The zero-order chi connectivity index (χ0) is 15.7. The second-order valence-corrected chi connectivity index (χ2v) is 3.78. The summed E-state index contributed by atoms with van der Waals surface area (Å²) >= 11 is 0. The molecule has 1 rings (SSSR count). The Morgan fingerprint density at radius 3 is 2.76 bits per heavy atom. The Bertz CT molecular complexity index is 492. The number of ether oxygens (including phenoxy) is 4. The van der Waals surface area contributed by atoms with E-state index in [2.05, 4.69) is 4.98 Å². The van der Waals surface area contributed by atoms with Gasteiger partial charge in [-0.05, 0) is 6.92 Å². The van der Waals surface area contributed by atoms with Gasteiger partial charge in [0.05, 0.1) is 20.1 Å². The van der Waals surface area contributed by atoms with Crippen molar-refractivity contribution < 1.29 is 28.5 Å². The highest BCUT2D eigenvalue weighted by Gasteiger charge is 2.17. The van der Waals surface area contributed by atoms with Crippen molar-refractivity contribution in [3.8, 4) is 11.5 Å². The number of hydrogen-bond acceptors (Lipinski definition) is 7. The number of carbonyl (C=O) groups is 2. The van der Waals surface area contributed by atoms with E-state index in [0.29, 0.717) is 6.61 Å². The van der Waals surface area contributed by atoms with E-state index in [1.807, 2.05) is 6.92 Å². The molecule has 0 unspecified atom stereocenters. The number of nitrogens with two attached hydrogens (primary N) is 1. The summed E-state index contributed by atoms with van der Waals surface area (Å²) in [6.45, 7) is 2.25. The van der Waals surface area contributed by atoms with Gasteiger partial charge in [-0.15, -0.1) is 0 Å². The third kappa shape index (κ3) is 5.27. The van der Waals surface area contributed by atoms with E-state index < -0.39 is 11.9 Å². The van der Waals surface area contributed by atoms with Gasteiger partial charge in [-0.2, -0.15) is 0 Å². The topological polar surface area (TPSA) is 110 Å². The number of methoxy groups -OCH3 is 1. The van der Waals surface area contributed by atoms with E-state index in [0.717, 1.165) is 0 Å². The maximum absolute atomic E-state index is 11.4. The average molecular weight is 298 g/mol. The van der Waals surface area contributed by atoms with Crippen LogP contribution in [0.1, 0.15) is 23.8 Å². The van der Waals surface area contributed by atoms with Crippen LogP contribution in [0.15, 0.2) is 12.3 Å². The molecule has 1 heterocycles. The van der Waals surface area contributed by atoms with Gasteiger partial charge in [0.2, 0.25) is 6.79 Å². The molecule has 21 heavy (non-hydrogen) atoms. The SMILES string of the molecule is CCOCCC(=O)OCOc1c(OC)ccnc1C(N)=O. The maximum atomic E-state index is 11.4. The normalized spacial score (nSPS) is 10.0. The summed E-state index contributed by atoms with van der Waals surface area (Å²) in [5, 5.41) is 0. The van der Waals surface area contributed by atoms with Crippen molar-refractivity contribution in [2.24, 2.45) is 5.73 Å². The van der Waals surface area contributed by atoms with Crippen LogP contribution in [0.4, 0.5) is 0 Å². The summed E-state index contributed by atoms with van der Waals surface area (Å²) in [5.41, 5.74) is 5.09. The molecule has 0 aliphatic carbocycles. The molecule has 0 radical (unpaired) electrons. The quantitative estimate of drug-likeness (QED) is 0.401. The van der Waals surface area contributed by atoms with Crippen LogP contribution in [0.25, 0.3) is 0 Å². The molecule has 0 aliphatic heterocycles. The van der Waals surface area contributed by atoms with Crippen molar-refractivity contribution in [3.63, 3.8) is 0 Å². The number of nitrogens with zero attached hydrogens (tertiary/aromatic N) is 1. The number of carbonyl (C=O) groups excluding carboxylic acids is 2. The Hall–Kier alpha value is -2.35. The van der Waals surface area contributed by atoms with Crippen molar-refractivity contribution in [3.05, 3.63) is 18.0 Å². The number of esters is 1. The summed E-state index contributed by atoms with van der Waals surface area (Å²) in [7, 11) is 1.40. The molecule has 1 amide bonds. The van der Waals surface area contributed by atoms with Crippen molar-refractivity contribution >= 4 is 11.9 Å². The minimum atomic E-state index is -0.772. The Balaban J connectivity index is 2.58. The fourth-order valence-electron chi connectivity index (χ4n) is 1.43. The molecule has 0 spiro atoms. The summed E-state index contributed by atoms with van der Waals surface area (Å²) in [4.78, 5) is 26.4. The highest BCUT2D eigenvalue weighted by Crippen LogP contribution is 2.29. The van der Waals surface area contributed by atoms with Crippen LogP contribution in [0.2, 0.25) is 0 Å². The van der Waals surface area contributed by atoms with Gasteiger partial charge in [0, 0.05) is 18.9 Å². The van der Waals surface area contributed by atoms with Crippen molar-refractivity contribution in [1.29, 1.82) is 0 Å². The lowest BCUT2D eigenvalue weighted by atomic mass is 10.3. The monoisotopic (exact) mass is 298 g/mol. The molecule has 2 N–H and O–H groups in total. The molecule has 0 saturated heterocycles. The van der Waals surface area contributed by atoms with E-state index in [9.17, 15) is 9.59 Å². The van der Waals surface area contributed by atoms with Gasteiger partial charge in [-0.1, -0.05) is 0 Å². The zero-order valence-corrected chi connectivity index (χ0v) is 12.0. The standard InChI is InChI=1S/C13H18N2O6/c1-3-19-7-5-10(16)20-8-21-12-9(18-2)4-6-15-11(12)13(14)17/h4,6H,3,5,7-8H2,1-2H3,(H2,14,17). The molecule has 0 aliphatic rings. The molecular formula is C13H18N2O6. The molecule has 0 bridgehead atoms. The van der Waals surface area contributed by atoms with Gasteiger partial charge in [0.25, 0.3) is 5.91 Å². The van der Waals surface area contributed by atoms with Gasteiger partial charge >= 0.3 is 5.97 Å². The van der Waals surface area contributed by atoms with E-state index >= 15 is 0 Å². The van der Waals surface area contributed by atoms with Gasteiger partial charge in [-0.3, -0.25) is 9.59 Å². The minimum absolute atomic E-state index is 0.0325. The van der Waals surface area contributed by atoms with Crippen LogP contribution in [-0.2, 0) is 14.3 Å². The van der Waals surface area contributed by atoms with E-state index in [1.165, 1.54) is 19.4 Å². The van der Waals surface area contributed by atoms with Crippen LogP contribution in [-0.4, -0.2) is 44.0 Å². The average Bonchev–Trinajstić information content (AvgIpc) is 2.47. The van der Waals surface area contributed by atoms with E-state index in [-0.39, 0.29) is 37.0 Å². The zero-order valence-electron chi connectivity index (χ0n) is 12.0. The predicted octanol–water partition coefficient (Wildman–Crippen LogP) is 0.495. The van der Waals surface area contributed by atoms with Crippen LogP contribution in [0.3, 0.4) is 0 Å². The van der Waals surface area contributed by atoms with Gasteiger partial charge in [0.1, 0.15) is 0 Å². The highest BCUT2D eigenvalue weighted by atomic mass is 16.7. The molecule has 1 aromatic rings. The number of primary amides is 1. The number of pyridine rings is 1. The lowest BCUT2D eigenvalue weighted by Gasteiger charge is -2.12. The molecular weight excluding hydrogens is 280 g/mol. The molecule has 0 aromatic carbocycles. The Labute approximate surface area is 122 Å². The molecule has 0 atom stereocenters. The minimum Gasteiger partial charge on any atom is -0.493 e. The number of aromatic nitrogens is 1. The van der Waals surface area contributed by atoms with E-state index in [1.54, 1.807) is 0 Å². The fraction of sp³-hybridized carbons (Fsp3) is 0.462. The maximum Gasteiger partial charge on any atom is 0.311 e. The second kappa shape index (κ2) is 8.75.